The minimum absolute atomic E-state index is 0.316. The lowest BCUT2D eigenvalue weighted by Gasteiger charge is -1.97. The van der Waals surface area contributed by atoms with Crippen LogP contribution in [0.3, 0.4) is 0 Å². The summed E-state index contributed by atoms with van der Waals surface area (Å²) in [6.07, 6.45) is 0. The summed E-state index contributed by atoms with van der Waals surface area (Å²) in [5, 5.41) is 2.30. The SMILES string of the molecule is [N-]=[N+]=Nc1ccc(F)c(Cl)c1F. The van der Waals surface area contributed by atoms with Gasteiger partial charge in [-0.05, 0) is 17.7 Å². The Balaban J connectivity index is 3.35. The molecule has 0 radical (unpaired) electrons. The average Bonchev–Trinajstić information content (AvgIpc) is 2.07. The summed E-state index contributed by atoms with van der Waals surface area (Å²) < 4.78 is 25.3. The Labute approximate surface area is 71.2 Å². The van der Waals surface area contributed by atoms with Crippen molar-refractivity contribution in [1.82, 2.24) is 0 Å². The Morgan fingerprint density at radius 1 is 1.42 bits per heavy atom. The van der Waals surface area contributed by atoms with Gasteiger partial charge in [0, 0.05) is 4.91 Å². The van der Waals surface area contributed by atoms with Crippen LogP contribution in [0.25, 0.3) is 10.4 Å². The van der Waals surface area contributed by atoms with Crippen LogP contribution in [0.2, 0.25) is 5.02 Å². The van der Waals surface area contributed by atoms with Gasteiger partial charge in [-0.2, -0.15) is 0 Å². The number of rotatable bonds is 1. The van der Waals surface area contributed by atoms with E-state index in [1.54, 1.807) is 0 Å². The van der Waals surface area contributed by atoms with Crippen molar-refractivity contribution < 1.29 is 8.78 Å². The van der Waals surface area contributed by atoms with E-state index in [2.05, 4.69) is 10.0 Å². The van der Waals surface area contributed by atoms with Crippen molar-refractivity contribution >= 4 is 17.3 Å². The number of benzene rings is 1. The molecule has 0 aromatic heterocycles. The van der Waals surface area contributed by atoms with E-state index in [0.29, 0.717) is 0 Å². The highest BCUT2D eigenvalue weighted by Crippen LogP contribution is 2.27. The fourth-order valence-electron chi connectivity index (χ4n) is 0.641. The highest BCUT2D eigenvalue weighted by atomic mass is 35.5. The van der Waals surface area contributed by atoms with Crippen LogP contribution >= 0.6 is 11.6 Å². The van der Waals surface area contributed by atoms with E-state index in [0.717, 1.165) is 12.1 Å². The summed E-state index contributed by atoms with van der Waals surface area (Å²) in [6.45, 7) is 0. The maximum Gasteiger partial charge on any atom is 0.154 e. The highest BCUT2D eigenvalue weighted by molar-refractivity contribution is 6.31. The summed E-state index contributed by atoms with van der Waals surface area (Å²) in [4.78, 5) is 2.34. The summed E-state index contributed by atoms with van der Waals surface area (Å²) in [7, 11) is 0. The van der Waals surface area contributed by atoms with E-state index in [-0.39, 0.29) is 5.69 Å². The lowest BCUT2D eigenvalue weighted by molar-refractivity contribution is 0.585. The monoisotopic (exact) mass is 189 g/mol. The fraction of sp³-hybridized carbons (Fsp3) is 0. The van der Waals surface area contributed by atoms with Gasteiger partial charge in [-0.1, -0.05) is 16.7 Å². The molecule has 0 heterocycles. The van der Waals surface area contributed by atoms with Crippen LogP contribution in [0.4, 0.5) is 14.5 Å². The molecular formula is C6H2ClF2N3. The molecule has 0 saturated heterocycles. The third-order valence-electron chi connectivity index (χ3n) is 1.17. The maximum atomic E-state index is 12.8. The first-order chi connectivity index (χ1) is 5.66. The number of halogens is 3. The van der Waals surface area contributed by atoms with E-state index in [1.807, 2.05) is 0 Å². The van der Waals surface area contributed by atoms with Gasteiger partial charge in [0.05, 0.1) is 5.69 Å². The first-order valence-corrected chi connectivity index (χ1v) is 3.23. The molecule has 0 N–H and O–H groups in total. The third-order valence-corrected chi connectivity index (χ3v) is 1.51. The Bertz CT molecular complexity index is 360. The predicted octanol–water partition coefficient (Wildman–Crippen LogP) is 3.56. The number of hydrogen-bond donors (Lipinski definition) is 0. The molecule has 0 fully saturated rings. The molecule has 0 unspecified atom stereocenters. The Morgan fingerprint density at radius 2 is 2.08 bits per heavy atom. The van der Waals surface area contributed by atoms with Gasteiger partial charge in [-0.25, -0.2) is 8.78 Å². The molecule has 0 aliphatic carbocycles. The molecule has 1 aromatic carbocycles. The second kappa shape index (κ2) is 3.38. The minimum atomic E-state index is -1.05. The lowest BCUT2D eigenvalue weighted by Crippen LogP contribution is -1.82. The molecule has 3 nitrogen and oxygen atoms in total. The van der Waals surface area contributed by atoms with Crippen molar-refractivity contribution in [3.05, 3.63) is 39.2 Å². The van der Waals surface area contributed by atoms with Gasteiger partial charge in [0.15, 0.2) is 5.82 Å². The Morgan fingerprint density at radius 3 is 2.67 bits per heavy atom. The molecule has 0 amide bonds. The van der Waals surface area contributed by atoms with Crippen molar-refractivity contribution in [2.45, 2.75) is 0 Å². The first kappa shape index (κ1) is 8.77. The Hall–Kier alpha value is -1.32. The lowest BCUT2D eigenvalue weighted by atomic mass is 10.3. The van der Waals surface area contributed by atoms with Gasteiger partial charge in [0.1, 0.15) is 10.8 Å². The molecule has 1 aromatic rings. The van der Waals surface area contributed by atoms with Crippen molar-refractivity contribution in [2.75, 3.05) is 0 Å². The third kappa shape index (κ3) is 1.47. The van der Waals surface area contributed by atoms with Crippen LogP contribution < -0.4 is 0 Å². The minimum Gasteiger partial charge on any atom is -0.205 e. The topological polar surface area (TPSA) is 48.8 Å². The van der Waals surface area contributed by atoms with Crippen LogP contribution in [0, 0.1) is 11.6 Å². The molecule has 0 saturated carbocycles. The smallest absolute Gasteiger partial charge is 0.154 e. The molecule has 6 heteroatoms. The van der Waals surface area contributed by atoms with Gasteiger partial charge in [-0.3, -0.25) is 0 Å². The zero-order valence-electron chi connectivity index (χ0n) is 5.63. The number of hydrogen-bond acceptors (Lipinski definition) is 1. The molecular weight excluding hydrogens is 188 g/mol. The van der Waals surface area contributed by atoms with Crippen molar-refractivity contribution in [3.8, 4) is 0 Å². The summed E-state index contributed by atoms with van der Waals surface area (Å²) in [5.74, 6) is -1.93. The van der Waals surface area contributed by atoms with Crippen LogP contribution in [0.1, 0.15) is 0 Å². The van der Waals surface area contributed by atoms with Gasteiger partial charge in [0.2, 0.25) is 0 Å². The first-order valence-electron chi connectivity index (χ1n) is 2.85. The zero-order valence-corrected chi connectivity index (χ0v) is 6.39. The number of azide groups is 1. The van der Waals surface area contributed by atoms with Crippen molar-refractivity contribution in [3.63, 3.8) is 0 Å². The molecule has 62 valence electrons. The van der Waals surface area contributed by atoms with E-state index < -0.39 is 16.7 Å². The maximum absolute atomic E-state index is 12.8. The second-order valence-corrected chi connectivity index (χ2v) is 2.26. The normalized spacial score (nSPS) is 9.25. The van der Waals surface area contributed by atoms with Crippen molar-refractivity contribution in [1.29, 1.82) is 0 Å². The van der Waals surface area contributed by atoms with Crippen LogP contribution in [0.5, 0.6) is 0 Å². The standard InChI is InChI=1S/C6H2ClF2N3/c7-5-3(8)1-2-4(6(5)9)11-12-10/h1-2H. The van der Waals surface area contributed by atoms with Crippen LogP contribution in [0.15, 0.2) is 17.2 Å². The molecule has 0 aliphatic rings. The summed E-state index contributed by atoms with van der Waals surface area (Å²) >= 11 is 5.19. The summed E-state index contributed by atoms with van der Waals surface area (Å²) in [5.41, 5.74) is 7.64. The summed E-state index contributed by atoms with van der Waals surface area (Å²) in [6, 6.07) is 1.94. The molecule has 0 bridgehead atoms. The largest absolute Gasteiger partial charge is 0.205 e. The highest BCUT2D eigenvalue weighted by Gasteiger charge is 2.09. The number of nitrogens with zero attached hydrogens (tertiary/aromatic N) is 3. The van der Waals surface area contributed by atoms with Crippen LogP contribution in [-0.4, -0.2) is 0 Å². The van der Waals surface area contributed by atoms with E-state index in [4.69, 9.17) is 17.1 Å². The fourth-order valence-corrected chi connectivity index (χ4v) is 0.801. The zero-order chi connectivity index (χ0) is 9.14. The molecule has 12 heavy (non-hydrogen) atoms. The molecule has 0 aliphatic heterocycles. The van der Waals surface area contributed by atoms with Gasteiger partial charge in [0.25, 0.3) is 0 Å². The van der Waals surface area contributed by atoms with Gasteiger partial charge < -0.3 is 0 Å². The molecule has 0 atom stereocenters. The van der Waals surface area contributed by atoms with Crippen LogP contribution in [-0.2, 0) is 0 Å². The Kier molecular flexibility index (Phi) is 2.47. The quantitative estimate of drug-likeness (QED) is 0.281. The van der Waals surface area contributed by atoms with Gasteiger partial charge >= 0.3 is 0 Å². The molecule has 0 spiro atoms. The predicted molar refractivity (Wildman–Crippen MR) is 40.2 cm³/mol. The van der Waals surface area contributed by atoms with E-state index >= 15 is 0 Å². The molecule has 1 rings (SSSR count). The second-order valence-electron chi connectivity index (χ2n) is 1.88. The van der Waals surface area contributed by atoms with E-state index in [9.17, 15) is 8.78 Å². The van der Waals surface area contributed by atoms with E-state index in [1.165, 1.54) is 0 Å². The average molecular weight is 190 g/mol. The van der Waals surface area contributed by atoms with Crippen molar-refractivity contribution in [2.24, 2.45) is 5.11 Å². The van der Waals surface area contributed by atoms with Gasteiger partial charge in [-0.15, -0.1) is 0 Å².